The first-order valence-electron chi connectivity index (χ1n) is 11.9. The molecule has 0 aliphatic heterocycles. The molecule has 0 spiro atoms. The number of unbranched alkanes of at least 4 members (excludes halogenated alkanes) is 18. The fourth-order valence-electron chi connectivity index (χ4n) is 3.66. The number of carbonyl (C=O) groups excluding carboxylic acids is 1. The number of carbonyl (C=O) groups is 1. The van der Waals surface area contributed by atoms with Crippen LogP contribution in [0.2, 0.25) is 0 Å². The van der Waals surface area contributed by atoms with Gasteiger partial charge in [-0.3, -0.25) is 14.6 Å². The highest BCUT2D eigenvalue weighted by Crippen LogP contribution is 2.35. The van der Waals surface area contributed by atoms with Crippen LogP contribution in [-0.2, 0) is 9.36 Å². The van der Waals surface area contributed by atoms with Crippen LogP contribution in [0.5, 0.6) is 0 Å². The molecule has 174 valence electrons. The van der Waals surface area contributed by atoms with Crippen LogP contribution in [0.4, 0.5) is 0 Å². The molecule has 0 saturated carbocycles. The van der Waals surface area contributed by atoms with E-state index in [2.05, 4.69) is 0 Å². The Hall–Kier alpha value is -0.420. The van der Waals surface area contributed by atoms with E-state index in [1.807, 2.05) is 0 Å². The lowest BCUT2D eigenvalue weighted by Crippen LogP contribution is -2.17. The Balaban J connectivity index is 3.07. The standard InChI is InChI=1S/C22H46NO5P/c24-22(23-25)20-18-16-14-12-10-8-6-4-2-1-3-5-7-9-11-13-15-17-19-21-29(26,27)28/h25H,1-21H2,(H,23,24)(H2,26,27,28). The predicted octanol–water partition coefficient (Wildman–Crippen LogP) is 6.47. The molecule has 4 N–H and O–H groups in total. The maximum Gasteiger partial charge on any atom is 0.325 e. The van der Waals surface area contributed by atoms with Crippen LogP contribution in [0.15, 0.2) is 0 Å². The largest absolute Gasteiger partial charge is 0.325 e. The minimum Gasteiger partial charge on any atom is -0.324 e. The second kappa shape index (κ2) is 20.8. The fourth-order valence-corrected chi connectivity index (χ4v) is 4.30. The van der Waals surface area contributed by atoms with Crippen molar-refractivity contribution in [3.63, 3.8) is 0 Å². The van der Waals surface area contributed by atoms with E-state index >= 15 is 0 Å². The summed E-state index contributed by atoms with van der Waals surface area (Å²) >= 11 is 0. The Morgan fingerprint density at radius 3 is 1.10 bits per heavy atom. The van der Waals surface area contributed by atoms with Gasteiger partial charge in [-0.1, -0.05) is 109 Å². The van der Waals surface area contributed by atoms with Gasteiger partial charge in [-0.25, -0.2) is 5.48 Å². The van der Waals surface area contributed by atoms with Crippen LogP contribution >= 0.6 is 7.60 Å². The number of hydroxylamine groups is 1. The van der Waals surface area contributed by atoms with Crippen LogP contribution in [0.1, 0.15) is 128 Å². The van der Waals surface area contributed by atoms with Crippen LogP contribution in [-0.4, -0.2) is 27.1 Å². The van der Waals surface area contributed by atoms with Crippen molar-refractivity contribution >= 4 is 13.5 Å². The first kappa shape index (κ1) is 28.6. The van der Waals surface area contributed by atoms with E-state index in [0.717, 1.165) is 25.7 Å². The van der Waals surface area contributed by atoms with Gasteiger partial charge in [0.1, 0.15) is 0 Å². The van der Waals surface area contributed by atoms with Gasteiger partial charge >= 0.3 is 7.60 Å². The van der Waals surface area contributed by atoms with Crippen LogP contribution in [0.3, 0.4) is 0 Å². The van der Waals surface area contributed by atoms with E-state index in [0.29, 0.717) is 12.8 Å². The highest BCUT2D eigenvalue weighted by Gasteiger charge is 2.10. The summed E-state index contributed by atoms with van der Waals surface area (Å²) in [5, 5.41) is 8.39. The molecule has 0 rings (SSSR count). The van der Waals surface area contributed by atoms with Crippen molar-refractivity contribution in [3.05, 3.63) is 0 Å². The van der Waals surface area contributed by atoms with Gasteiger partial charge in [0.2, 0.25) is 5.91 Å². The minimum absolute atomic E-state index is 0.0421. The van der Waals surface area contributed by atoms with E-state index in [1.54, 1.807) is 5.48 Å². The zero-order chi connectivity index (χ0) is 21.6. The molecule has 0 aromatic rings. The van der Waals surface area contributed by atoms with E-state index in [-0.39, 0.29) is 12.1 Å². The van der Waals surface area contributed by atoms with Gasteiger partial charge < -0.3 is 9.79 Å². The SMILES string of the molecule is O=C(CCCCCCCCCCCCCCCCCCCCCP(=O)(O)O)NO. The smallest absolute Gasteiger partial charge is 0.324 e. The average Bonchev–Trinajstić information content (AvgIpc) is 2.68. The van der Waals surface area contributed by atoms with Gasteiger partial charge in [-0.2, -0.15) is 0 Å². The average molecular weight is 436 g/mol. The van der Waals surface area contributed by atoms with Gasteiger partial charge in [-0.15, -0.1) is 0 Å². The molecule has 1 amide bonds. The van der Waals surface area contributed by atoms with E-state index in [4.69, 9.17) is 15.0 Å². The lowest BCUT2D eigenvalue weighted by atomic mass is 10.0. The second-order valence-corrected chi connectivity index (χ2v) is 10.2. The van der Waals surface area contributed by atoms with Gasteiger partial charge in [0.25, 0.3) is 0 Å². The molecule has 0 aliphatic rings. The first-order chi connectivity index (χ1) is 14.0. The Morgan fingerprint density at radius 1 is 0.552 bits per heavy atom. The van der Waals surface area contributed by atoms with Crippen molar-refractivity contribution in [2.24, 2.45) is 0 Å². The fraction of sp³-hybridized carbons (Fsp3) is 0.955. The Morgan fingerprint density at radius 2 is 0.828 bits per heavy atom. The highest BCUT2D eigenvalue weighted by molar-refractivity contribution is 7.51. The summed E-state index contributed by atoms with van der Waals surface area (Å²) in [5.41, 5.74) is 1.67. The van der Waals surface area contributed by atoms with E-state index in [9.17, 15) is 9.36 Å². The monoisotopic (exact) mass is 435 g/mol. The first-order valence-corrected chi connectivity index (χ1v) is 13.7. The quantitative estimate of drug-likeness (QED) is 0.0674. The topological polar surface area (TPSA) is 107 Å². The van der Waals surface area contributed by atoms with Crippen molar-refractivity contribution in [2.75, 3.05) is 6.16 Å². The highest BCUT2D eigenvalue weighted by atomic mass is 31.2. The molecular formula is C22H46NO5P. The van der Waals surface area contributed by atoms with Gasteiger partial charge in [0.05, 0.1) is 0 Å². The van der Waals surface area contributed by atoms with Gasteiger partial charge in [0.15, 0.2) is 0 Å². The summed E-state index contributed by atoms with van der Waals surface area (Å²) in [6, 6.07) is 0. The summed E-state index contributed by atoms with van der Waals surface area (Å²) < 4.78 is 10.7. The van der Waals surface area contributed by atoms with Gasteiger partial charge in [-0.05, 0) is 12.8 Å². The molecule has 0 atom stereocenters. The molecule has 0 heterocycles. The van der Waals surface area contributed by atoms with E-state index < -0.39 is 7.60 Å². The predicted molar refractivity (Wildman–Crippen MR) is 119 cm³/mol. The number of nitrogens with one attached hydrogen (secondary N) is 1. The van der Waals surface area contributed by atoms with Crippen LogP contribution < -0.4 is 5.48 Å². The zero-order valence-electron chi connectivity index (χ0n) is 18.5. The molecule has 0 bridgehead atoms. The molecule has 0 aromatic heterocycles. The van der Waals surface area contributed by atoms with E-state index in [1.165, 1.54) is 89.9 Å². The molecular weight excluding hydrogens is 389 g/mol. The molecule has 7 heteroatoms. The molecule has 0 radical (unpaired) electrons. The number of rotatable bonds is 22. The summed E-state index contributed by atoms with van der Waals surface area (Å²) in [6.07, 6.45) is 23.3. The second-order valence-electron chi connectivity index (χ2n) is 8.39. The number of amides is 1. The third-order valence-corrected chi connectivity index (χ3v) is 6.38. The number of hydrogen-bond acceptors (Lipinski definition) is 3. The Bertz CT molecular complexity index is 414. The summed E-state index contributed by atoms with van der Waals surface area (Å²) in [6.45, 7) is 0. The molecule has 0 unspecified atom stereocenters. The third kappa shape index (κ3) is 25.5. The molecule has 6 nitrogen and oxygen atoms in total. The molecule has 29 heavy (non-hydrogen) atoms. The maximum atomic E-state index is 10.8. The summed E-state index contributed by atoms with van der Waals surface area (Å²) in [4.78, 5) is 28.4. The molecule has 0 aromatic carbocycles. The molecule has 0 fully saturated rings. The van der Waals surface area contributed by atoms with Crippen molar-refractivity contribution in [1.29, 1.82) is 0 Å². The van der Waals surface area contributed by atoms with Crippen molar-refractivity contribution < 1.29 is 24.4 Å². The summed E-state index contributed by atoms with van der Waals surface area (Å²) in [5.74, 6) is -0.279. The normalized spacial score (nSPS) is 11.7. The van der Waals surface area contributed by atoms with Crippen molar-refractivity contribution in [3.8, 4) is 0 Å². The lowest BCUT2D eigenvalue weighted by molar-refractivity contribution is -0.129. The maximum absolute atomic E-state index is 10.8. The number of hydrogen-bond donors (Lipinski definition) is 4. The van der Waals surface area contributed by atoms with Crippen molar-refractivity contribution in [1.82, 2.24) is 5.48 Å². The molecule has 0 aliphatic carbocycles. The zero-order valence-corrected chi connectivity index (χ0v) is 19.3. The Kier molecular flexibility index (Phi) is 20.5. The van der Waals surface area contributed by atoms with Crippen molar-refractivity contribution in [2.45, 2.75) is 128 Å². The summed E-state index contributed by atoms with van der Waals surface area (Å²) in [7, 11) is -3.78. The van der Waals surface area contributed by atoms with Crippen LogP contribution in [0, 0.1) is 0 Å². The van der Waals surface area contributed by atoms with Crippen LogP contribution in [0.25, 0.3) is 0 Å². The molecule has 0 saturated heterocycles. The van der Waals surface area contributed by atoms with Gasteiger partial charge in [0, 0.05) is 12.6 Å². The lowest BCUT2D eigenvalue weighted by Gasteiger charge is -2.05. The minimum atomic E-state index is -3.78. The Labute approximate surface area is 178 Å². The third-order valence-electron chi connectivity index (χ3n) is 5.48.